The van der Waals surface area contributed by atoms with Gasteiger partial charge in [-0.3, -0.25) is 9.59 Å². The first-order valence-corrected chi connectivity index (χ1v) is 8.94. The third-order valence-corrected chi connectivity index (χ3v) is 4.19. The van der Waals surface area contributed by atoms with Crippen molar-refractivity contribution in [1.82, 2.24) is 0 Å². The predicted molar refractivity (Wildman–Crippen MR) is 109 cm³/mol. The molecule has 2 N–H and O–H groups in total. The molecule has 3 aromatic rings. The van der Waals surface area contributed by atoms with Crippen molar-refractivity contribution in [3.05, 3.63) is 95.0 Å². The zero-order chi connectivity index (χ0) is 19.1. The molecule has 0 heterocycles. The molecule has 2 amide bonds. The molecule has 27 heavy (non-hydrogen) atoms. The molecule has 4 nitrogen and oxygen atoms in total. The summed E-state index contributed by atoms with van der Waals surface area (Å²) in [7, 11) is 0. The van der Waals surface area contributed by atoms with E-state index >= 15 is 0 Å². The minimum Gasteiger partial charge on any atom is -0.326 e. The molecule has 136 valence electrons. The Morgan fingerprint density at radius 2 is 1.07 bits per heavy atom. The maximum absolute atomic E-state index is 12.1. The molecular formula is C22H19ClN2O2. The van der Waals surface area contributed by atoms with E-state index in [-0.39, 0.29) is 18.2 Å². The summed E-state index contributed by atoms with van der Waals surface area (Å²) in [6.45, 7) is 0. The molecule has 0 aliphatic rings. The maximum Gasteiger partial charge on any atom is 0.228 e. The largest absolute Gasteiger partial charge is 0.326 e. The van der Waals surface area contributed by atoms with Crippen LogP contribution in [0, 0.1) is 0 Å². The first kappa shape index (κ1) is 18.7. The third kappa shape index (κ3) is 5.97. The molecule has 0 aromatic heterocycles. The fraction of sp³-hybridized carbons (Fsp3) is 0.0909. The quantitative estimate of drug-likeness (QED) is 0.653. The van der Waals surface area contributed by atoms with E-state index in [1.54, 1.807) is 36.4 Å². The Balaban J connectivity index is 1.51. The van der Waals surface area contributed by atoms with Gasteiger partial charge in [-0.1, -0.05) is 54.1 Å². The van der Waals surface area contributed by atoms with Gasteiger partial charge < -0.3 is 10.6 Å². The Morgan fingerprint density at radius 1 is 0.630 bits per heavy atom. The average Bonchev–Trinajstić information content (AvgIpc) is 2.66. The molecular weight excluding hydrogens is 360 g/mol. The fourth-order valence-corrected chi connectivity index (χ4v) is 2.74. The molecule has 0 radical (unpaired) electrons. The van der Waals surface area contributed by atoms with Crippen molar-refractivity contribution in [2.45, 2.75) is 12.8 Å². The summed E-state index contributed by atoms with van der Waals surface area (Å²) in [6.07, 6.45) is 0.590. The van der Waals surface area contributed by atoms with Gasteiger partial charge in [-0.15, -0.1) is 0 Å². The van der Waals surface area contributed by atoms with Gasteiger partial charge in [0.15, 0.2) is 0 Å². The number of hydrogen-bond acceptors (Lipinski definition) is 2. The van der Waals surface area contributed by atoms with Gasteiger partial charge in [0.25, 0.3) is 0 Å². The van der Waals surface area contributed by atoms with E-state index < -0.39 is 0 Å². The van der Waals surface area contributed by atoms with Crippen LogP contribution in [0.5, 0.6) is 0 Å². The number of carbonyl (C=O) groups is 2. The Labute approximate surface area is 163 Å². The lowest BCUT2D eigenvalue weighted by Crippen LogP contribution is -2.15. The van der Waals surface area contributed by atoms with E-state index in [1.165, 1.54) is 0 Å². The maximum atomic E-state index is 12.1. The van der Waals surface area contributed by atoms with E-state index in [0.29, 0.717) is 22.8 Å². The number of carbonyl (C=O) groups excluding carboxylic acids is 2. The fourth-order valence-electron chi connectivity index (χ4n) is 2.62. The van der Waals surface area contributed by atoms with Gasteiger partial charge in [-0.05, 0) is 47.5 Å². The topological polar surface area (TPSA) is 58.2 Å². The van der Waals surface area contributed by atoms with Crippen LogP contribution >= 0.6 is 11.6 Å². The van der Waals surface area contributed by atoms with Crippen molar-refractivity contribution < 1.29 is 9.59 Å². The molecule has 3 rings (SSSR count). The van der Waals surface area contributed by atoms with E-state index in [0.717, 1.165) is 11.1 Å². The molecule has 0 aliphatic heterocycles. The summed E-state index contributed by atoms with van der Waals surface area (Å²) in [5, 5.41) is 6.34. The Morgan fingerprint density at radius 3 is 1.56 bits per heavy atom. The summed E-state index contributed by atoms with van der Waals surface area (Å²) in [4.78, 5) is 24.2. The highest BCUT2D eigenvalue weighted by Gasteiger charge is 2.06. The van der Waals surface area contributed by atoms with Crippen LogP contribution in [0.1, 0.15) is 11.1 Å². The number of rotatable bonds is 6. The van der Waals surface area contributed by atoms with Gasteiger partial charge >= 0.3 is 0 Å². The van der Waals surface area contributed by atoms with Crippen molar-refractivity contribution in [2.75, 3.05) is 10.6 Å². The van der Waals surface area contributed by atoms with Crippen molar-refractivity contribution in [3.63, 3.8) is 0 Å². The standard InChI is InChI=1S/C22H19ClN2O2/c23-18-8-6-17(7-9-18)15-22(27)25-20-12-10-19(11-13-20)24-21(26)14-16-4-2-1-3-5-16/h1-13H,14-15H2,(H,24,26)(H,25,27). The molecule has 0 unspecified atom stereocenters. The zero-order valence-corrected chi connectivity index (χ0v) is 15.4. The Hall–Kier alpha value is -3.11. The summed E-state index contributed by atoms with van der Waals surface area (Å²) in [6, 6.07) is 23.8. The molecule has 0 bridgehead atoms. The van der Waals surface area contributed by atoms with Crippen molar-refractivity contribution in [2.24, 2.45) is 0 Å². The van der Waals surface area contributed by atoms with Crippen molar-refractivity contribution in [1.29, 1.82) is 0 Å². The summed E-state index contributed by atoms with van der Waals surface area (Å²) in [5.41, 5.74) is 3.21. The van der Waals surface area contributed by atoms with E-state index in [1.807, 2.05) is 42.5 Å². The lowest BCUT2D eigenvalue weighted by Gasteiger charge is -2.08. The summed E-state index contributed by atoms with van der Waals surface area (Å²) in [5.74, 6) is -0.195. The number of nitrogens with one attached hydrogen (secondary N) is 2. The highest BCUT2D eigenvalue weighted by Crippen LogP contribution is 2.15. The summed E-state index contributed by atoms with van der Waals surface area (Å²) < 4.78 is 0. The second-order valence-corrected chi connectivity index (χ2v) is 6.58. The lowest BCUT2D eigenvalue weighted by atomic mass is 10.1. The highest BCUT2D eigenvalue weighted by molar-refractivity contribution is 6.30. The van der Waals surface area contributed by atoms with Gasteiger partial charge in [0.2, 0.25) is 11.8 Å². The van der Waals surface area contributed by atoms with Gasteiger partial charge in [0, 0.05) is 16.4 Å². The van der Waals surface area contributed by atoms with Crippen LogP contribution in [-0.4, -0.2) is 11.8 Å². The van der Waals surface area contributed by atoms with Gasteiger partial charge in [-0.25, -0.2) is 0 Å². The first-order chi connectivity index (χ1) is 13.1. The predicted octanol–water partition coefficient (Wildman–Crippen LogP) is 4.70. The normalized spacial score (nSPS) is 10.3. The lowest BCUT2D eigenvalue weighted by molar-refractivity contribution is -0.116. The van der Waals surface area contributed by atoms with E-state index in [2.05, 4.69) is 10.6 Å². The minimum absolute atomic E-state index is 0.0827. The number of halogens is 1. The van der Waals surface area contributed by atoms with Crippen LogP contribution in [0.15, 0.2) is 78.9 Å². The van der Waals surface area contributed by atoms with Gasteiger partial charge in [0.1, 0.15) is 0 Å². The second-order valence-electron chi connectivity index (χ2n) is 6.14. The second kappa shape index (κ2) is 9.01. The molecule has 3 aromatic carbocycles. The van der Waals surface area contributed by atoms with Gasteiger partial charge in [0.05, 0.1) is 12.8 Å². The SMILES string of the molecule is O=C(Cc1ccccc1)Nc1ccc(NC(=O)Cc2ccc(Cl)cc2)cc1. The van der Waals surface area contributed by atoms with Crippen LogP contribution in [0.25, 0.3) is 0 Å². The molecule has 5 heteroatoms. The number of hydrogen-bond donors (Lipinski definition) is 2. The van der Waals surface area contributed by atoms with Crippen LogP contribution in [0.4, 0.5) is 11.4 Å². The van der Waals surface area contributed by atoms with E-state index in [9.17, 15) is 9.59 Å². The molecule has 0 saturated carbocycles. The van der Waals surface area contributed by atoms with E-state index in [4.69, 9.17) is 11.6 Å². The van der Waals surface area contributed by atoms with Crippen LogP contribution in [0.3, 0.4) is 0 Å². The molecule has 0 saturated heterocycles. The van der Waals surface area contributed by atoms with Crippen molar-refractivity contribution >= 4 is 34.8 Å². The van der Waals surface area contributed by atoms with Crippen molar-refractivity contribution in [3.8, 4) is 0 Å². The Bertz CT molecular complexity index is 907. The Kier molecular flexibility index (Phi) is 6.23. The molecule has 0 fully saturated rings. The highest BCUT2D eigenvalue weighted by atomic mass is 35.5. The number of benzene rings is 3. The van der Waals surface area contributed by atoms with Gasteiger partial charge in [-0.2, -0.15) is 0 Å². The molecule has 0 aliphatic carbocycles. The van der Waals surface area contributed by atoms with Crippen LogP contribution in [-0.2, 0) is 22.4 Å². The minimum atomic E-state index is -0.113. The summed E-state index contributed by atoms with van der Waals surface area (Å²) >= 11 is 5.84. The number of anilines is 2. The third-order valence-electron chi connectivity index (χ3n) is 3.94. The zero-order valence-electron chi connectivity index (χ0n) is 14.6. The monoisotopic (exact) mass is 378 g/mol. The molecule has 0 atom stereocenters. The number of amides is 2. The molecule has 0 spiro atoms. The van der Waals surface area contributed by atoms with Crippen LogP contribution in [0.2, 0.25) is 5.02 Å². The first-order valence-electron chi connectivity index (χ1n) is 8.56. The average molecular weight is 379 g/mol. The smallest absolute Gasteiger partial charge is 0.228 e. The van der Waals surface area contributed by atoms with Crippen LogP contribution < -0.4 is 10.6 Å².